The van der Waals surface area contributed by atoms with Crippen molar-refractivity contribution < 1.29 is 4.74 Å². The summed E-state index contributed by atoms with van der Waals surface area (Å²) in [4.78, 5) is 0. The van der Waals surface area contributed by atoms with Crippen molar-refractivity contribution >= 4 is 0 Å². The average molecular weight is 190 g/mol. The molecule has 76 valence electrons. The van der Waals surface area contributed by atoms with Crippen molar-refractivity contribution in [3.63, 3.8) is 0 Å². The highest BCUT2D eigenvalue weighted by Gasteiger charge is 2.11. The van der Waals surface area contributed by atoms with Gasteiger partial charge in [-0.15, -0.1) is 5.73 Å². The Hall–Kier alpha value is -1.20. The maximum Gasteiger partial charge on any atom is 0.119 e. The Morgan fingerprint density at radius 1 is 1.29 bits per heavy atom. The molecule has 0 unspecified atom stereocenters. The molecule has 0 saturated heterocycles. The summed E-state index contributed by atoms with van der Waals surface area (Å²) in [5.74, 6) is 0.876. The lowest BCUT2D eigenvalue weighted by Crippen LogP contribution is -2.04. The second-order valence-electron chi connectivity index (χ2n) is 4.68. The van der Waals surface area contributed by atoms with Crippen LogP contribution in [0.3, 0.4) is 0 Å². The molecule has 1 nitrogen and oxygen atoms in total. The summed E-state index contributed by atoms with van der Waals surface area (Å²) in [5.41, 5.74) is 4.78. The van der Waals surface area contributed by atoms with Crippen molar-refractivity contribution in [1.82, 2.24) is 0 Å². The molecule has 1 aliphatic rings. The zero-order chi connectivity index (χ0) is 10.6. The van der Waals surface area contributed by atoms with E-state index in [1.807, 2.05) is 18.2 Å². The molecule has 0 heterocycles. The third-order valence-electron chi connectivity index (χ3n) is 1.92. The van der Waals surface area contributed by atoms with Crippen molar-refractivity contribution in [2.75, 3.05) is 7.11 Å². The molecule has 0 radical (unpaired) electrons. The number of hydrogen-bond donors (Lipinski definition) is 0. The molecule has 0 N–H and O–H groups in total. The fourth-order valence-electron chi connectivity index (χ4n) is 1.33. The standard InChI is InChI=1S/C13H18O/c1-13(2,3)10-11-6-5-7-12(14-4)9-8-11/h5,7-9H,10H2,1-4H3. The predicted octanol–water partition coefficient (Wildman–Crippen LogP) is 3.60. The van der Waals surface area contributed by atoms with Crippen LogP contribution in [-0.2, 0) is 4.74 Å². The first-order valence-electron chi connectivity index (χ1n) is 4.89. The maximum absolute atomic E-state index is 5.14. The molecule has 1 aliphatic carbocycles. The van der Waals surface area contributed by atoms with Crippen LogP contribution in [0.1, 0.15) is 27.2 Å². The minimum absolute atomic E-state index is 0.304. The van der Waals surface area contributed by atoms with Crippen molar-refractivity contribution in [2.24, 2.45) is 5.41 Å². The Morgan fingerprint density at radius 3 is 2.57 bits per heavy atom. The summed E-state index contributed by atoms with van der Waals surface area (Å²) >= 11 is 0. The van der Waals surface area contributed by atoms with E-state index in [2.05, 4.69) is 32.6 Å². The summed E-state index contributed by atoms with van der Waals surface area (Å²) in [6.45, 7) is 6.68. The quantitative estimate of drug-likeness (QED) is 0.604. The molecule has 0 aromatic heterocycles. The van der Waals surface area contributed by atoms with E-state index in [4.69, 9.17) is 4.74 Å². The Balaban J connectivity index is 2.74. The molecular weight excluding hydrogens is 172 g/mol. The van der Waals surface area contributed by atoms with Gasteiger partial charge in [-0.1, -0.05) is 20.8 Å². The van der Waals surface area contributed by atoms with E-state index in [1.165, 1.54) is 5.57 Å². The summed E-state index contributed by atoms with van der Waals surface area (Å²) < 4.78 is 5.14. The molecule has 0 spiro atoms. The van der Waals surface area contributed by atoms with Gasteiger partial charge in [0, 0.05) is 0 Å². The van der Waals surface area contributed by atoms with Crippen LogP contribution in [0.4, 0.5) is 0 Å². The average Bonchev–Trinajstić information content (AvgIpc) is 2.27. The van der Waals surface area contributed by atoms with Crippen LogP contribution in [0, 0.1) is 5.41 Å². The lowest BCUT2D eigenvalue weighted by atomic mass is 9.88. The number of allylic oxidation sites excluding steroid dienone is 4. The second kappa shape index (κ2) is 4.34. The monoisotopic (exact) mass is 190 g/mol. The molecule has 0 fully saturated rings. The van der Waals surface area contributed by atoms with Crippen molar-refractivity contribution in [1.29, 1.82) is 0 Å². The van der Waals surface area contributed by atoms with Crippen LogP contribution in [0.25, 0.3) is 0 Å². The molecule has 0 atom stereocenters. The van der Waals surface area contributed by atoms with Crippen LogP contribution in [0.5, 0.6) is 0 Å². The Kier molecular flexibility index (Phi) is 3.38. The number of ether oxygens (including phenoxy) is 1. The summed E-state index contributed by atoms with van der Waals surface area (Å²) in [5, 5.41) is 0. The lowest BCUT2D eigenvalue weighted by molar-refractivity contribution is 0.307. The van der Waals surface area contributed by atoms with Gasteiger partial charge in [0.1, 0.15) is 5.76 Å². The molecule has 14 heavy (non-hydrogen) atoms. The number of hydrogen-bond acceptors (Lipinski definition) is 1. The largest absolute Gasteiger partial charge is 0.497 e. The zero-order valence-electron chi connectivity index (χ0n) is 9.42. The molecule has 0 bridgehead atoms. The summed E-state index contributed by atoms with van der Waals surface area (Å²) in [7, 11) is 1.68. The van der Waals surface area contributed by atoms with Gasteiger partial charge in [-0.05, 0) is 41.7 Å². The maximum atomic E-state index is 5.14. The van der Waals surface area contributed by atoms with Crippen LogP contribution in [0.2, 0.25) is 0 Å². The fraction of sp³-hybridized carbons (Fsp3) is 0.462. The minimum atomic E-state index is 0.304. The van der Waals surface area contributed by atoms with Crippen LogP contribution < -0.4 is 0 Å². The van der Waals surface area contributed by atoms with Crippen LogP contribution in [0.15, 0.2) is 41.4 Å². The SMILES string of the molecule is COC1=CC=C=C(CC(C)(C)C)C=C1. The van der Waals surface area contributed by atoms with Crippen molar-refractivity contribution in [3.8, 4) is 0 Å². The van der Waals surface area contributed by atoms with E-state index < -0.39 is 0 Å². The molecule has 1 heteroatoms. The lowest BCUT2D eigenvalue weighted by Gasteiger charge is -2.17. The molecular formula is C13H18O. The van der Waals surface area contributed by atoms with Crippen LogP contribution in [-0.4, -0.2) is 7.11 Å². The third-order valence-corrected chi connectivity index (χ3v) is 1.92. The van der Waals surface area contributed by atoms with Gasteiger partial charge in [-0.3, -0.25) is 0 Å². The first-order valence-corrected chi connectivity index (χ1v) is 4.89. The zero-order valence-corrected chi connectivity index (χ0v) is 9.42. The van der Waals surface area contributed by atoms with E-state index in [-0.39, 0.29) is 0 Å². The van der Waals surface area contributed by atoms with E-state index in [0.29, 0.717) is 5.41 Å². The van der Waals surface area contributed by atoms with Gasteiger partial charge in [0.25, 0.3) is 0 Å². The van der Waals surface area contributed by atoms with Gasteiger partial charge < -0.3 is 4.74 Å². The van der Waals surface area contributed by atoms with Crippen molar-refractivity contribution in [3.05, 3.63) is 41.4 Å². The first-order chi connectivity index (χ1) is 6.51. The molecule has 0 saturated carbocycles. The van der Waals surface area contributed by atoms with Gasteiger partial charge in [-0.25, -0.2) is 0 Å². The Labute approximate surface area is 86.5 Å². The van der Waals surface area contributed by atoms with Gasteiger partial charge in [0.2, 0.25) is 0 Å². The Morgan fingerprint density at radius 2 is 2.00 bits per heavy atom. The fourth-order valence-corrected chi connectivity index (χ4v) is 1.33. The van der Waals surface area contributed by atoms with E-state index in [0.717, 1.165) is 12.2 Å². The number of methoxy groups -OCH3 is 1. The smallest absolute Gasteiger partial charge is 0.119 e. The van der Waals surface area contributed by atoms with E-state index >= 15 is 0 Å². The van der Waals surface area contributed by atoms with Gasteiger partial charge in [-0.2, -0.15) is 0 Å². The Bertz CT molecular complexity index is 318. The first kappa shape index (κ1) is 10.9. The normalized spacial score (nSPS) is 16.0. The second-order valence-corrected chi connectivity index (χ2v) is 4.68. The predicted molar refractivity (Wildman–Crippen MR) is 59.9 cm³/mol. The highest BCUT2D eigenvalue weighted by atomic mass is 16.5. The highest BCUT2D eigenvalue weighted by molar-refractivity contribution is 5.31. The molecule has 0 aromatic carbocycles. The van der Waals surface area contributed by atoms with Crippen LogP contribution >= 0.6 is 0 Å². The summed E-state index contributed by atoms with van der Waals surface area (Å²) in [6.07, 6.45) is 8.93. The van der Waals surface area contributed by atoms with Crippen molar-refractivity contribution in [2.45, 2.75) is 27.2 Å². The summed E-state index contributed by atoms with van der Waals surface area (Å²) in [6, 6.07) is 0. The van der Waals surface area contributed by atoms with Gasteiger partial charge in [0.05, 0.1) is 7.11 Å². The molecule has 0 amide bonds. The van der Waals surface area contributed by atoms with Gasteiger partial charge >= 0.3 is 0 Å². The molecule has 0 aliphatic heterocycles. The third kappa shape index (κ3) is 3.68. The highest BCUT2D eigenvalue weighted by Crippen LogP contribution is 2.25. The topological polar surface area (TPSA) is 9.23 Å². The number of rotatable bonds is 2. The van der Waals surface area contributed by atoms with Gasteiger partial charge in [0.15, 0.2) is 0 Å². The van der Waals surface area contributed by atoms with E-state index in [1.54, 1.807) is 7.11 Å². The van der Waals surface area contributed by atoms with E-state index in [9.17, 15) is 0 Å². The minimum Gasteiger partial charge on any atom is -0.497 e. The molecule has 0 aromatic rings. The molecule has 1 rings (SSSR count).